The van der Waals surface area contributed by atoms with E-state index >= 15 is 0 Å². The highest BCUT2D eigenvalue weighted by Crippen LogP contribution is 2.20. The van der Waals surface area contributed by atoms with Gasteiger partial charge < -0.3 is 5.11 Å². The zero-order valence-electron chi connectivity index (χ0n) is 10.1. The summed E-state index contributed by atoms with van der Waals surface area (Å²) in [4.78, 5) is 0. The Hall–Kier alpha value is 0.310. The zero-order chi connectivity index (χ0) is 11.0. The third kappa shape index (κ3) is 6.72. The van der Waals surface area contributed by atoms with Crippen molar-refractivity contribution in [3.63, 3.8) is 0 Å². The topological polar surface area (TPSA) is 20.2 Å². The van der Waals surface area contributed by atoms with Gasteiger partial charge in [0.15, 0.2) is 0 Å². The molecule has 0 fully saturated rings. The van der Waals surface area contributed by atoms with Crippen molar-refractivity contribution in [3.8, 4) is 0 Å². The lowest BCUT2D eigenvalue weighted by atomic mass is 9.97. The molecular formula is C12H26OS. The van der Waals surface area contributed by atoms with Crippen LogP contribution in [-0.2, 0) is 0 Å². The average Bonchev–Trinajstić information content (AvgIpc) is 2.22. The molecule has 0 spiro atoms. The van der Waals surface area contributed by atoms with Crippen LogP contribution < -0.4 is 0 Å². The second kappa shape index (κ2) is 8.60. The van der Waals surface area contributed by atoms with E-state index in [1.807, 2.05) is 11.8 Å². The minimum atomic E-state index is -0.0982. The van der Waals surface area contributed by atoms with Gasteiger partial charge >= 0.3 is 0 Å². The number of thioether (sulfide) groups is 1. The monoisotopic (exact) mass is 218 g/mol. The van der Waals surface area contributed by atoms with Crippen LogP contribution in [0.1, 0.15) is 53.4 Å². The molecule has 0 aromatic carbocycles. The predicted octanol–water partition coefficient (Wildman–Crippen LogP) is 3.71. The molecule has 2 unspecified atom stereocenters. The molecule has 14 heavy (non-hydrogen) atoms. The minimum absolute atomic E-state index is 0.0982. The lowest BCUT2D eigenvalue weighted by Crippen LogP contribution is -2.16. The Morgan fingerprint density at radius 2 is 1.64 bits per heavy atom. The Kier molecular flexibility index (Phi) is 8.80. The van der Waals surface area contributed by atoms with Gasteiger partial charge in [0.05, 0.1) is 6.10 Å². The Bertz CT molecular complexity index is 123. The van der Waals surface area contributed by atoms with Crippen LogP contribution in [0, 0.1) is 5.92 Å². The van der Waals surface area contributed by atoms with E-state index in [1.165, 1.54) is 19.3 Å². The summed E-state index contributed by atoms with van der Waals surface area (Å²) in [5.74, 6) is 1.62. The van der Waals surface area contributed by atoms with Crippen LogP contribution in [0.3, 0.4) is 0 Å². The summed E-state index contributed by atoms with van der Waals surface area (Å²) in [5, 5.41) is 10.5. The first-order chi connectivity index (χ1) is 6.63. The molecule has 0 saturated heterocycles. The van der Waals surface area contributed by atoms with E-state index in [2.05, 4.69) is 27.7 Å². The number of hydrogen-bond donors (Lipinski definition) is 1. The summed E-state index contributed by atoms with van der Waals surface area (Å²) in [6.45, 7) is 8.85. The van der Waals surface area contributed by atoms with E-state index in [0.717, 1.165) is 12.2 Å². The van der Waals surface area contributed by atoms with Gasteiger partial charge in [-0.3, -0.25) is 0 Å². The lowest BCUT2D eigenvalue weighted by Gasteiger charge is -2.18. The molecule has 1 N–H and O–H groups in total. The van der Waals surface area contributed by atoms with Crippen molar-refractivity contribution in [1.82, 2.24) is 0 Å². The van der Waals surface area contributed by atoms with Gasteiger partial charge in [-0.15, -0.1) is 0 Å². The van der Waals surface area contributed by atoms with Crippen LogP contribution in [-0.4, -0.2) is 22.2 Å². The number of hydrogen-bond acceptors (Lipinski definition) is 2. The van der Waals surface area contributed by atoms with E-state index in [0.29, 0.717) is 11.2 Å². The predicted molar refractivity (Wildman–Crippen MR) is 66.9 cm³/mol. The van der Waals surface area contributed by atoms with Gasteiger partial charge in [-0.05, 0) is 18.8 Å². The van der Waals surface area contributed by atoms with Crippen molar-refractivity contribution in [3.05, 3.63) is 0 Å². The summed E-state index contributed by atoms with van der Waals surface area (Å²) in [5.41, 5.74) is 0. The molecule has 0 aliphatic rings. The molecule has 2 heteroatoms. The first-order valence-corrected chi connectivity index (χ1v) is 6.98. The van der Waals surface area contributed by atoms with Crippen LogP contribution in [0.15, 0.2) is 0 Å². The molecule has 0 rings (SSSR count). The molecule has 86 valence electrons. The van der Waals surface area contributed by atoms with E-state index in [1.54, 1.807) is 0 Å². The van der Waals surface area contributed by atoms with Crippen LogP contribution in [0.2, 0.25) is 0 Å². The highest BCUT2D eigenvalue weighted by atomic mass is 32.2. The van der Waals surface area contributed by atoms with E-state index in [9.17, 15) is 5.11 Å². The Labute approximate surface area is 93.7 Å². The smallest absolute Gasteiger partial charge is 0.0633 e. The zero-order valence-corrected chi connectivity index (χ0v) is 10.9. The molecule has 0 amide bonds. The van der Waals surface area contributed by atoms with Gasteiger partial charge in [0.25, 0.3) is 0 Å². The highest BCUT2D eigenvalue weighted by molar-refractivity contribution is 7.99. The van der Waals surface area contributed by atoms with Gasteiger partial charge in [0, 0.05) is 11.0 Å². The number of aliphatic hydroxyl groups is 1. The number of rotatable bonds is 8. The fraction of sp³-hybridized carbons (Fsp3) is 1.00. The van der Waals surface area contributed by atoms with E-state index < -0.39 is 0 Å². The number of aliphatic hydroxyl groups excluding tert-OH is 1. The first kappa shape index (κ1) is 14.3. The van der Waals surface area contributed by atoms with Crippen molar-refractivity contribution in [2.45, 2.75) is 64.7 Å². The molecule has 0 heterocycles. The van der Waals surface area contributed by atoms with Crippen molar-refractivity contribution in [2.24, 2.45) is 5.92 Å². The summed E-state index contributed by atoms with van der Waals surface area (Å²) in [6, 6.07) is 0. The minimum Gasteiger partial charge on any atom is -0.392 e. The summed E-state index contributed by atoms with van der Waals surface area (Å²) < 4.78 is 0. The molecule has 0 aromatic rings. The van der Waals surface area contributed by atoms with Crippen molar-refractivity contribution in [2.75, 3.05) is 5.75 Å². The standard InChI is InChI=1S/C12H26OS/c1-5-10(4)14-9-12(13)8-11(6-2)7-3/h10-13H,5-9H2,1-4H3. The molecule has 0 saturated carbocycles. The molecular weight excluding hydrogens is 192 g/mol. The third-order valence-electron chi connectivity index (χ3n) is 2.91. The molecule has 1 nitrogen and oxygen atoms in total. The molecule has 0 radical (unpaired) electrons. The van der Waals surface area contributed by atoms with Gasteiger partial charge in [-0.1, -0.05) is 40.5 Å². The van der Waals surface area contributed by atoms with Crippen molar-refractivity contribution in [1.29, 1.82) is 0 Å². The fourth-order valence-electron chi connectivity index (χ4n) is 1.47. The van der Waals surface area contributed by atoms with Gasteiger partial charge in [0.2, 0.25) is 0 Å². The molecule has 0 aliphatic heterocycles. The van der Waals surface area contributed by atoms with Gasteiger partial charge in [0.1, 0.15) is 0 Å². The maximum absolute atomic E-state index is 9.81. The normalized spacial score (nSPS) is 15.9. The van der Waals surface area contributed by atoms with Gasteiger partial charge in [-0.25, -0.2) is 0 Å². The molecule has 2 atom stereocenters. The molecule has 0 aliphatic carbocycles. The Morgan fingerprint density at radius 3 is 2.07 bits per heavy atom. The first-order valence-electron chi connectivity index (χ1n) is 5.93. The van der Waals surface area contributed by atoms with E-state index in [-0.39, 0.29) is 6.10 Å². The largest absolute Gasteiger partial charge is 0.392 e. The second-order valence-electron chi connectivity index (χ2n) is 4.12. The summed E-state index contributed by atoms with van der Waals surface area (Å²) in [7, 11) is 0. The highest BCUT2D eigenvalue weighted by Gasteiger charge is 2.12. The van der Waals surface area contributed by atoms with Crippen LogP contribution in [0.5, 0.6) is 0 Å². The summed E-state index contributed by atoms with van der Waals surface area (Å²) in [6.07, 6.45) is 4.47. The Morgan fingerprint density at radius 1 is 1.07 bits per heavy atom. The second-order valence-corrected chi connectivity index (χ2v) is 5.60. The third-order valence-corrected chi connectivity index (χ3v) is 4.39. The van der Waals surface area contributed by atoms with Crippen molar-refractivity contribution < 1.29 is 5.11 Å². The lowest BCUT2D eigenvalue weighted by molar-refractivity contribution is 0.161. The van der Waals surface area contributed by atoms with E-state index in [4.69, 9.17) is 0 Å². The maximum atomic E-state index is 9.81. The van der Waals surface area contributed by atoms with Crippen molar-refractivity contribution >= 4 is 11.8 Å². The van der Waals surface area contributed by atoms with Crippen LogP contribution >= 0.6 is 11.8 Å². The maximum Gasteiger partial charge on any atom is 0.0633 e. The summed E-state index contributed by atoms with van der Waals surface area (Å²) >= 11 is 1.90. The van der Waals surface area contributed by atoms with Crippen LogP contribution in [0.25, 0.3) is 0 Å². The van der Waals surface area contributed by atoms with Gasteiger partial charge in [-0.2, -0.15) is 11.8 Å². The Balaban J connectivity index is 3.58. The molecule has 0 aromatic heterocycles. The quantitative estimate of drug-likeness (QED) is 0.670. The average molecular weight is 218 g/mol. The SMILES string of the molecule is CCC(CC)CC(O)CSC(C)CC. The molecule has 0 bridgehead atoms. The van der Waals surface area contributed by atoms with Crippen LogP contribution in [0.4, 0.5) is 0 Å². The fourth-order valence-corrected chi connectivity index (χ4v) is 2.39.